The molecule has 3 N–H and O–H groups in total. The monoisotopic (exact) mass is 318 g/mol. The number of carbonyl (C=O) groups is 2. The molecule has 0 radical (unpaired) electrons. The van der Waals surface area contributed by atoms with Gasteiger partial charge in [-0.3, -0.25) is 4.79 Å². The Balaban J connectivity index is 2.37. The highest BCUT2D eigenvalue weighted by molar-refractivity contribution is 7.16. The van der Waals surface area contributed by atoms with Crippen LogP contribution in [-0.2, 0) is 4.79 Å². The van der Waals surface area contributed by atoms with Crippen molar-refractivity contribution in [2.45, 2.75) is 32.7 Å². The first-order valence-electron chi connectivity index (χ1n) is 6.43. The molecular formula is C13H19ClN2O3S. The maximum Gasteiger partial charge on any atom is 0.315 e. The Labute approximate surface area is 127 Å². The molecule has 0 aromatic carbocycles. The van der Waals surface area contributed by atoms with Crippen LogP contribution in [0.1, 0.15) is 37.6 Å². The first-order chi connectivity index (χ1) is 9.42. The van der Waals surface area contributed by atoms with Crippen molar-refractivity contribution in [3.05, 3.63) is 21.3 Å². The number of amides is 2. The molecule has 2 atom stereocenters. The van der Waals surface area contributed by atoms with Gasteiger partial charge in [-0.15, -0.1) is 11.3 Å². The van der Waals surface area contributed by atoms with Crippen LogP contribution in [0.4, 0.5) is 4.79 Å². The van der Waals surface area contributed by atoms with Crippen LogP contribution in [0.15, 0.2) is 12.1 Å². The van der Waals surface area contributed by atoms with Crippen LogP contribution < -0.4 is 10.6 Å². The summed E-state index contributed by atoms with van der Waals surface area (Å²) in [5.74, 6) is -0.898. The summed E-state index contributed by atoms with van der Waals surface area (Å²) in [6.07, 6.45) is 0.773. The smallest absolute Gasteiger partial charge is 0.315 e. The summed E-state index contributed by atoms with van der Waals surface area (Å²) in [6.45, 7) is 4.13. The number of carbonyl (C=O) groups excluding carboxylic acids is 1. The van der Waals surface area contributed by atoms with E-state index in [0.29, 0.717) is 17.3 Å². The summed E-state index contributed by atoms with van der Waals surface area (Å²) in [7, 11) is 0. The number of carboxylic acid groups (broad SMARTS) is 1. The van der Waals surface area contributed by atoms with E-state index in [0.717, 1.165) is 4.88 Å². The van der Waals surface area contributed by atoms with Gasteiger partial charge < -0.3 is 15.7 Å². The molecule has 7 heteroatoms. The van der Waals surface area contributed by atoms with Crippen molar-refractivity contribution in [1.29, 1.82) is 0 Å². The van der Waals surface area contributed by atoms with Gasteiger partial charge in [0.05, 0.1) is 10.4 Å². The van der Waals surface area contributed by atoms with E-state index in [1.54, 1.807) is 6.07 Å². The SMILES string of the molecule is CCC(CNC(=O)NC(C)c1ccc(Cl)s1)CC(=O)O. The van der Waals surface area contributed by atoms with Crippen LogP contribution in [0.5, 0.6) is 0 Å². The molecule has 2 unspecified atom stereocenters. The van der Waals surface area contributed by atoms with Crippen LogP contribution in [-0.4, -0.2) is 23.7 Å². The van der Waals surface area contributed by atoms with Gasteiger partial charge in [0.1, 0.15) is 0 Å². The van der Waals surface area contributed by atoms with Gasteiger partial charge >= 0.3 is 12.0 Å². The Kier molecular flexibility index (Phi) is 6.81. The molecule has 0 saturated carbocycles. The van der Waals surface area contributed by atoms with Gasteiger partial charge in [-0.25, -0.2) is 4.79 Å². The minimum Gasteiger partial charge on any atom is -0.481 e. The van der Waals surface area contributed by atoms with Crippen molar-refractivity contribution >= 4 is 34.9 Å². The van der Waals surface area contributed by atoms with Gasteiger partial charge in [-0.2, -0.15) is 0 Å². The molecule has 1 heterocycles. The summed E-state index contributed by atoms with van der Waals surface area (Å²) in [6, 6.07) is 3.23. The maximum absolute atomic E-state index is 11.7. The van der Waals surface area contributed by atoms with E-state index < -0.39 is 5.97 Å². The Morgan fingerprint density at radius 1 is 1.45 bits per heavy atom. The number of rotatable bonds is 7. The Hall–Kier alpha value is -1.27. The van der Waals surface area contributed by atoms with Gasteiger partial charge in [0.25, 0.3) is 0 Å². The van der Waals surface area contributed by atoms with Crippen molar-refractivity contribution in [1.82, 2.24) is 10.6 Å². The molecule has 1 aromatic heterocycles. The minimum atomic E-state index is -0.847. The highest BCUT2D eigenvalue weighted by Crippen LogP contribution is 2.26. The van der Waals surface area contributed by atoms with Crippen LogP contribution in [0.2, 0.25) is 4.34 Å². The Morgan fingerprint density at radius 2 is 2.15 bits per heavy atom. The number of aliphatic carboxylic acids is 1. The first-order valence-corrected chi connectivity index (χ1v) is 7.63. The molecule has 2 amide bonds. The predicted molar refractivity (Wildman–Crippen MR) is 80.3 cm³/mol. The molecular weight excluding hydrogens is 300 g/mol. The molecule has 112 valence electrons. The lowest BCUT2D eigenvalue weighted by atomic mass is 10.0. The molecule has 0 aliphatic carbocycles. The minimum absolute atomic E-state index is 0.0512. The summed E-state index contributed by atoms with van der Waals surface area (Å²) >= 11 is 7.27. The average molecular weight is 319 g/mol. The largest absolute Gasteiger partial charge is 0.481 e. The van der Waals surface area contributed by atoms with Crippen molar-refractivity contribution in [2.24, 2.45) is 5.92 Å². The number of hydrogen-bond acceptors (Lipinski definition) is 3. The van der Waals surface area contributed by atoms with Gasteiger partial charge in [0, 0.05) is 17.8 Å². The molecule has 0 bridgehead atoms. The standard InChI is InChI=1S/C13H19ClN2O3S/c1-3-9(6-12(17)18)7-15-13(19)16-8(2)10-4-5-11(14)20-10/h4-5,8-9H,3,6-7H2,1-2H3,(H,17,18)(H2,15,16,19). The predicted octanol–water partition coefficient (Wildman–Crippen LogP) is 3.26. The number of urea groups is 1. The van der Waals surface area contributed by atoms with Crippen LogP contribution >= 0.6 is 22.9 Å². The zero-order valence-corrected chi connectivity index (χ0v) is 13.1. The van der Waals surface area contributed by atoms with E-state index in [4.69, 9.17) is 16.7 Å². The maximum atomic E-state index is 11.7. The van der Waals surface area contributed by atoms with E-state index in [1.807, 2.05) is 19.9 Å². The Bertz CT molecular complexity index is 464. The highest BCUT2D eigenvalue weighted by atomic mass is 35.5. The molecule has 5 nitrogen and oxygen atoms in total. The molecule has 0 aliphatic rings. The third kappa shape index (κ3) is 5.79. The van der Waals surface area contributed by atoms with Gasteiger partial charge in [0.15, 0.2) is 0 Å². The second-order valence-electron chi connectivity index (χ2n) is 4.59. The fourth-order valence-electron chi connectivity index (χ4n) is 1.72. The molecule has 1 aromatic rings. The molecule has 20 heavy (non-hydrogen) atoms. The quantitative estimate of drug-likeness (QED) is 0.722. The van der Waals surface area contributed by atoms with Crippen molar-refractivity contribution in [3.8, 4) is 0 Å². The fraction of sp³-hybridized carbons (Fsp3) is 0.538. The second kappa shape index (κ2) is 8.11. The normalized spacial score (nSPS) is 13.6. The number of thiophene rings is 1. The van der Waals surface area contributed by atoms with Gasteiger partial charge in [-0.05, 0) is 25.0 Å². The molecule has 0 saturated heterocycles. The van der Waals surface area contributed by atoms with Crippen LogP contribution in [0.25, 0.3) is 0 Å². The third-order valence-electron chi connectivity index (χ3n) is 2.96. The number of halogens is 1. The fourth-order valence-corrected chi connectivity index (χ4v) is 2.79. The number of hydrogen-bond donors (Lipinski definition) is 3. The molecule has 0 spiro atoms. The van der Waals surface area contributed by atoms with Crippen LogP contribution in [0, 0.1) is 5.92 Å². The summed E-state index contributed by atoms with van der Waals surface area (Å²) in [5.41, 5.74) is 0. The second-order valence-corrected chi connectivity index (χ2v) is 6.34. The lowest BCUT2D eigenvalue weighted by Gasteiger charge is -2.16. The zero-order valence-electron chi connectivity index (χ0n) is 11.5. The molecule has 0 aliphatic heterocycles. The lowest BCUT2D eigenvalue weighted by Crippen LogP contribution is -2.39. The van der Waals surface area contributed by atoms with Crippen molar-refractivity contribution in [2.75, 3.05) is 6.54 Å². The first kappa shape index (κ1) is 16.8. The van der Waals surface area contributed by atoms with E-state index in [1.165, 1.54) is 11.3 Å². The highest BCUT2D eigenvalue weighted by Gasteiger charge is 2.14. The van der Waals surface area contributed by atoms with Gasteiger partial charge in [-0.1, -0.05) is 24.9 Å². The summed E-state index contributed by atoms with van der Waals surface area (Å²) in [5, 5.41) is 14.2. The number of nitrogens with one attached hydrogen (secondary N) is 2. The van der Waals surface area contributed by atoms with Crippen molar-refractivity contribution in [3.63, 3.8) is 0 Å². The van der Waals surface area contributed by atoms with E-state index in [9.17, 15) is 9.59 Å². The van der Waals surface area contributed by atoms with Gasteiger partial charge in [0.2, 0.25) is 0 Å². The van der Waals surface area contributed by atoms with Crippen molar-refractivity contribution < 1.29 is 14.7 Å². The Morgan fingerprint density at radius 3 is 2.65 bits per heavy atom. The summed E-state index contributed by atoms with van der Waals surface area (Å²) < 4.78 is 0.682. The van der Waals surface area contributed by atoms with E-state index in [-0.39, 0.29) is 24.4 Å². The average Bonchev–Trinajstić information content (AvgIpc) is 2.80. The van der Waals surface area contributed by atoms with E-state index in [2.05, 4.69) is 10.6 Å². The molecule has 1 rings (SSSR count). The van der Waals surface area contributed by atoms with E-state index >= 15 is 0 Å². The number of carboxylic acids is 1. The third-order valence-corrected chi connectivity index (χ3v) is 4.37. The summed E-state index contributed by atoms with van der Waals surface area (Å²) in [4.78, 5) is 23.4. The lowest BCUT2D eigenvalue weighted by molar-refractivity contribution is -0.138. The molecule has 0 fully saturated rings. The topological polar surface area (TPSA) is 78.4 Å². The zero-order chi connectivity index (χ0) is 15.1. The van der Waals surface area contributed by atoms with Crippen LogP contribution in [0.3, 0.4) is 0 Å².